The van der Waals surface area contributed by atoms with Crippen molar-refractivity contribution in [2.24, 2.45) is 23.7 Å². The van der Waals surface area contributed by atoms with E-state index in [-0.39, 0.29) is 0 Å². The van der Waals surface area contributed by atoms with Gasteiger partial charge >= 0.3 is 0 Å². The topological polar surface area (TPSA) is 20.2 Å². The van der Waals surface area contributed by atoms with Crippen LogP contribution in [0.2, 0.25) is 0 Å². The van der Waals surface area contributed by atoms with Gasteiger partial charge in [-0.25, -0.2) is 0 Å². The Hall–Kier alpha value is -0.300. The lowest BCUT2D eigenvalue weighted by atomic mass is 9.85. The Morgan fingerprint density at radius 1 is 1.40 bits per heavy atom. The van der Waals surface area contributed by atoms with E-state index in [1.165, 1.54) is 6.42 Å². The molecule has 2 aliphatic rings. The number of aliphatic hydroxyl groups is 1. The molecule has 0 aliphatic heterocycles. The molecule has 0 aromatic heterocycles. The summed E-state index contributed by atoms with van der Waals surface area (Å²) >= 11 is 0. The molecule has 10 heavy (non-hydrogen) atoms. The number of fused-ring (bicyclic) bond motifs is 2. The van der Waals surface area contributed by atoms with Gasteiger partial charge in [-0.2, -0.15) is 0 Å². The molecule has 4 atom stereocenters. The van der Waals surface area contributed by atoms with E-state index in [4.69, 9.17) is 5.11 Å². The van der Waals surface area contributed by atoms with E-state index in [1.54, 1.807) is 0 Å². The molecule has 2 aliphatic carbocycles. The quantitative estimate of drug-likeness (QED) is 0.543. The molecular formula is C9H14O. The summed E-state index contributed by atoms with van der Waals surface area (Å²) in [6, 6.07) is 0. The van der Waals surface area contributed by atoms with Crippen LogP contribution in [0.4, 0.5) is 0 Å². The van der Waals surface area contributed by atoms with Gasteiger partial charge in [-0.15, -0.1) is 0 Å². The minimum Gasteiger partial charge on any atom is -0.396 e. The van der Waals surface area contributed by atoms with Crippen molar-refractivity contribution in [2.45, 2.75) is 13.3 Å². The van der Waals surface area contributed by atoms with E-state index in [0.717, 1.165) is 11.8 Å². The smallest absolute Gasteiger partial charge is 0.0467 e. The lowest BCUT2D eigenvalue weighted by molar-refractivity contribution is 0.172. The van der Waals surface area contributed by atoms with Crippen LogP contribution in [0.3, 0.4) is 0 Å². The van der Waals surface area contributed by atoms with Crippen LogP contribution in [0.15, 0.2) is 12.2 Å². The Bertz CT molecular complexity index is 162. The third-order valence-electron chi connectivity index (χ3n) is 3.26. The van der Waals surface area contributed by atoms with E-state index < -0.39 is 0 Å². The van der Waals surface area contributed by atoms with E-state index >= 15 is 0 Å². The van der Waals surface area contributed by atoms with E-state index in [2.05, 4.69) is 19.1 Å². The number of hydrogen-bond acceptors (Lipinski definition) is 1. The Morgan fingerprint density at radius 3 is 2.50 bits per heavy atom. The molecule has 0 spiro atoms. The second-order valence-corrected chi connectivity index (χ2v) is 3.65. The summed E-state index contributed by atoms with van der Waals surface area (Å²) in [6.45, 7) is 2.64. The van der Waals surface area contributed by atoms with Gasteiger partial charge in [0.1, 0.15) is 0 Å². The summed E-state index contributed by atoms with van der Waals surface area (Å²) in [7, 11) is 0. The fraction of sp³-hybridized carbons (Fsp3) is 0.778. The molecule has 1 N–H and O–H groups in total. The highest BCUT2D eigenvalue weighted by Gasteiger charge is 2.40. The van der Waals surface area contributed by atoms with Crippen LogP contribution in [-0.2, 0) is 0 Å². The standard InChI is InChI=1S/C9H14O/c1-6-7-2-3-8(4-7)9(6)5-10/h2-3,6-10H,4-5H2,1H3/t6-,7-,8+,9-/m1/s1. The third kappa shape index (κ3) is 0.671. The number of allylic oxidation sites excluding steroid dienone is 2. The summed E-state index contributed by atoms with van der Waals surface area (Å²) in [5.74, 6) is 2.77. The lowest BCUT2D eigenvalue weighted by Gasteiger charge is -2.21. The molecule has 0 amide bonds. The minimum absolute atomic E-state index is 0.382. The Balaban J connectivity index is 2.18. The Labute approximate surface area is 61.8 Å². The summed E-state index contributed by atoms with van der Waals surface area (Å²) in [5, 5.41) is 9.02. The first-order valence-electron chi connectivity index (χ1n) is 4.12. The van der Waals surface area contributed by atoms with Crippen LogP contribution in [0.1, 0.15) is 13.3 Å². The average Bonchev–Trinajstić information content (AvgIpc) is 2.46. The molecule has 0 radical (unpaired) electrons. The average molecular weight is 138 g/mol. The van der Waals surface area contributed by atoms with Crippen LogP contribution in [0.5, 0.6) is 0 Å². The molecule has 2 bridgehead atoms. The molecule has 0 unspecified atom stereocenters. The van der Waals surface area contributed by atoms with Crippen molar-refractivity contribution in [1.82, 2.24) is 0 Å². The zero-order valence-corrected chi connectivity index (χ0v) is 6.33. The van der Waals surface area contributed by atoms with Crippen LogP contribution in [0.25, 0.3) is 0 Å². The molecular weight excluding hydrogens is 124 g/mol. The number of rotatable bonds is 1. The van der Waals surface area contributed by atoms with Crippen molar-refractivity contribution < 1.29 is 5.11 Å². The number of hydrogen-bond donors (Lipinski definition) is 1. The van der Waals surface area contributed by atoms with Gasteiger partial charge in [0.2, 0.25) is 0 Å². The number of aliphatic hydroxyl groups excluding tert-OH is 1. The van der Waals surface area contributed by atoms with Gasteiger partial charge in [-0.3, -0.25) is 0 Å². The predicted octanol–water partition coefficient (Wildman–Crippen LogP) is 1.44. The maximum absolute atomic E-state index is 9.02. The molecule has 0 saturated heterocycles. The van der Waals surface area contributed by atoms with Crippen molar-refractivity contribution in [3.8, 4) is 0 Å². The Morgan fingerprint density at radius 2 is 2.10 bits per heavy atom. The van der Waals surface area contributed by atoms with Crippen molar-refractivity contribution in [3.63, 3.8) is 0 Å². The van der Waals surface area contributed by atoms with Gasteiger partial charge in [-0.05, 0) is 30.1 Å². The zero-order chi connectivity index (χ0) is 7.14. The SMILES string of the molecule is C[C@H]1[C@@H](CO)[C@H]2C=C[C@@H]1C2. The Kier molecular flexibility index (Phi) is 1.34. The monoisotopic (exact) mass is 138 g/mol. The maximum atomic E-state index is 9.02. The van der Waals surface area contributed by atoms with Crippen molar-refractivity contribution in [3.05, 3.63) is 12.2 Å². The molecule has 56 valence electrons. The van der Waals surface area contributed by atoms with Crippen LogP contribution < -0.4 is 0 Å². The van der Waals surface area contributed by atoms with Crippen LogP contribution >= 0.6 is 0 Å². The highest BCUT2D eigenvalue weighted by Crippen LogP contribution is 2.47. The molecule has 0 heterocycles. The van der Waals surface area contributed by atoms with Crippen molar-refractivity contribution in [1.29, 1.82) is 0 Å². The summed E-state index contributed by atoms with van der Waals surface area (Å²) in [4.78, 5) is 0. The second-order valence-electron chi connectivity index (χ2n) is 3.65. The van der Waals surface area contributed by atoms with Gasteiger partial charge in [0.05, 0.1) is 0 Å². The highest BCUT2D eigenvalue weighted by molar-refractivity contribution is 5.12. The molecule has 1 heteroatoms. The fourth-order valence-corrected chi connectivity index (χ4v) is 2.47. The lowest BCUT2D eigenvalue weighted by Crippen LogP contribution is -2.19. The highest BCUT2D eigenvalue weighted by atomic mass is 16.3. The van der Waals surface area contributed by atoms with E-state index in [9.17, 15) is 0 Å². The fourth-order valence-electron chi connectivity index (χ4n) is 2.47. The molecule has 2 rings (SSSR count). The predicted molar refractivity (Wildman–Crippen MR) is 40.5 cm³/mol. The van der Waals surface area contributed by atoms with Crippen LogP contribution in [-0.4, -0.2) is 11.7 Å². The molecule has 1 saturated carbocycles. The largest absolute Gasteiger partial charge is 0.396 e. The summed E-state index contributed by atoms with van der Waals surface area (Å²) < 4.78 is 0. The van der Waals surface area contributed by atoms with Gasteiger partial charge in [-0.1, -0.05) is 19.1 Å². The first kappa shape index (κ1) is 6.41. The summed E-state index contributed by atoms with van der Waals surface area (Å²) in [5.41, 5.74) is 0. The van der Waals surface area contributed by atoms with Gasteiger partial charge < -0.3 is 5.11 Å². The van der Waals surface area contributed by atoms with Crippen LogP contribution in [0, 0.1) is 23.7 Å². The third-order valence-corrected chi connectivity index (χ3v) is 3.26. The zero-order valence-electron chi connectivity index (χ0n) is 6.33. The maximum Gasteiger partial charge on any atom is 0.0467 e. The van der Waals surface area contributed by atoms with E-state index in [0.29, 0.717) is 18.4 Å². The molecule has 0 aromatic carbocycles. The minimum atomic E-state index is 0.382. The summed E-state index contributed by atoms with van der Waals surface area (Å²) in [6.07, 6.45) is 5.90. The van der Waals surface area contributed by atoms with E-state index in [1.807, 2.05) is 0 Å². The first-order valence-corrected chi connectivity index (χ1v) is 4.12. The van der Waals surface area contributed by atoms with Crippen molar-refractivity contribution in [2.75, 3.05) is 6.61 Å². The molecule has 1 nitrogen and oxygen atoms in total. The normalized spacial score (nSPS) is 50.6. The van der Waals surface area contributed by atoms with Crippen molar-refractivity contribution >= 4 is 0 Å². The van der Waals surface area contributed by atoms with Gasteiger partial charge in [0.25, 0.3) is 0 Å². The molecule has 1 fully saturated rings. The first-order chi connectivity index (χ1) is 4.83. The second kappa shape index (κ2) is 2.09. The van der Waals surface area contributed by atoms with Gasteiger partial charge in [0, 0.05) is 6.61 Å². The van der Waals surface area contributed by atoms with Gasteiger partial charge in [0.15, 0.2) is 0 Å². The molecule has 0 aromatic rings.